The summed E-state index contributed by atoms with van der Waals surface area (Å²) < 4.78 is 24.0. The Morgan fingerprint density at radius 1 is 1.41 bits per heavy atom. The molecule has 0 aliphatic heterocycles. The van der Waals surface area contributed by atoms with E-state index in [4.69, 9.17) is 5.11 Å². The molecule has 0 radical (unpaired) electrons. The van der Waals surface area contributed by atoms with Gasteiger partial charge in [0.15, 0.2) is 9.84 Å². The second kappa shape index (κ2) is 5.18. The maximum Gasteiger partial charge on any atom is 0.335 e. The molecule has 0 atom stereocenters. The maximum atomic E-state index is 11.7. The van der Waals surface area contributed by atoms with Gasteiger partial charge in [-0.1, -0.05) is 22.0 Å². The van der Waals surface area contributed by atoms with Gasteiger partial charge in [0.25, 0.3) is 0 Å². The highest BCUT2D eigenvalue weighted by Gasteiger charge is 2.18. The van der Waals surface area contributed by atoms with Crippen LogP contribution in [0.5, 0.6) is 0 Å². The average molecular weight is 321 g/mol. The first-order valence-electron chi connectivity index (χ1n) is 4.97. The molecule has 0 amide bonds. The van der Waals surface area contributed by atoms with E-state index in [1.54, 1.807) is 13.8 Å². The van der Waals surface area contributed by atoms with E-state index >= 15 is 0 Å². The van der Waals surface area contributed by atoms with E-state index in [1.165, 1.54) is 18.2 Å². The van der Waals surface area contributed by atoms with Crippen LogP contribution in [0.4, 0.5) is 0 Å². The number of hydrogen-bond acceptors (Lipinski definition) is 3. The molecule has 0 aliphatic rings. The Hall–Kier alpha value is -0.880. The Balaban J connectivity index is 3.06. The van der Waals surface area contributed by atoms with Crippen LogP contribution in [-0.2, 0) is 15.6 Å². The SMILES string of the molecule is CC(C)S(=O)(=O)Cc1ccc(C(=O)O)cc1Br. The Kier molecular flexibility index (Phi) is 4.32. The summed E-state index contributed by atoms with van der Waals surface area (Å²) in [7, 11) is -3.18. The minimum absolute atomic E-state index is 0.0921. The van der Waals surface area contributed by atoms with Crippen LogP contribution in [0, 0.1) is 0 Å². The summed E-state index contributed by atoms with van der Waals surface area (Å²) in [5, 5.41) is 8.33. The number of aromatic carboxylic acids is 1. The zero-order valence-corrected chi connectivity index (χ0v) is 11.9. The van der Waals surface area contributed by atoms with Gasteiger partial charge in [0.1, 0.15) is 0 Å². The minimum Gasteiger partial charge on any atom is -0.478 e. The van der Waals surface area contributed by atoms with Crippen molar-refractivity contribution in [2.24, 2.45) is 0 Å². The number of halogens is 1. The van der Waals surface area contributed by atoms with Crippen molar-refractivity contribution >= 4 is 31.7 Å². The first-order valence-corrected chi connectivity index (χ1v) is 7.48. The van der Waals surface area contributed by atoms with Crippen molar-refractivity contribution in [1.82, 2.24) is 0 Å². The zero-order valence-electron chi connectivity index (χ0n) is 9.47. The molecule has 6 heteroatoms. The molecule has 1 aromatic rings. The molecule has 0 fully saturated rings. The van der Waals surface area contributed by atoms with Crippen LogP contribution in [-0.4, -0.2) is 24.7 Å². The second-order valence-corrected chi connectivity index (χ2v) is 7.38. The van der Waals surface area contributed by atoms with E-state index in [0.717, 1.165) is 0 Å². The van der Waals surface area contributed by atoms with Crippen LogP contribution >= 0.6 is 15.9 Å². The lowest BCUT2D eigenvalue weighted by Crippen LogP contribution is -2.16. The third-order valence-corrected chi connectivity index (χ3v) is 5.26. The molecule has 0 bridgehead atoms. The molecule has 0 unspecified atom stereocenters. The number of benzene rings is 1. The van der Waals surface area contributed by atoms with Crippen molar-refractivity contribution < 1.29 is 18.3 Å². The molecule has 94 valence electrons. The van der Waals surface area contributed by atoms with Gasteiger partial charge in [-0.2, -0.15) is 0 Å². The highest BCUT2D eigenvalue weighted by Crippen LogP contribution is 2.22. The summed E-state index contributed by atoms with van der Waals surface area (Å²) in [5.74, 6) is -1.13. The van der Waals surface area contributed by atoms with E-state index < -0.39 is 21.1 Å². The van der Waals surface area contributed by atoms with Crippen molar-refractivity contribution in [2.45, 2.75) is 24.9 Å². The van der Waals surface area contributed by atoms with E-state index in [9.17, 15) is 13.2 Å². The van der Waals surface area contributed by atoms with Gasteiger partial charge in [-0.3, -0.25) is 0 Å². The highest BCUT2D eigenvalue weighted by atomic mass is 79.9. The predicted octanol–water partition coefficient (Wildman–Crippen LogP) is 2.47. The van der Waals surface area contributed by atoms with E-state index in [1.807, 2.05) is 0 Å². The summed E-state index contributed by atoms with van der Waals surface area (Å²) in [6.07, 6.45) is 0. The van der Waals surface area contributed by atoms with Crippen LogP contribution in [0.3, 0.4) is 0 Å². The molecule has 0 saturated heterocycles. The van der Waals surface area contributed by atoms with Crippen LogP contribution in [0.15, 0.2) is 22.7 Å². The van der Waals surface area contributed by atoms with Gasteiger partial charge in [0.2, 0.25) is 0 Å². The Morgan fingerprint density at radius 2 is 2.00 bits per heavy atom. The Bertz CT molecular complexity index is 534. The molecule has 0 heterocycles. The largest absolute Gasteiger partial charge is 0.478 e. The van der Waals surface area contributed by atoms with Crippen LogP contribution in [0.1, 0.15) is 29.8 Å². The van der Waals surface area contributed by atoms with Gasteiger partial charge in [0, 0.05) is 4.47 Å². The maximum absolute atomic E-state index is 11.7. The quantitative estimate of drug-likeness (QED) is 0.925. The van der Waals surface area contributed by atoms with Crippen LogP contribution in [0.2, 0.25) is 0 Å². The molecular formula is C11H13BrO4S. The molecule has 1 N–H and O–H groups in total. The minimum atomic E-state index is -3.18. The Labute approximate surface area is 109 Å². The fourth-order valence-corrected chi connectivity index (χ4v) is 2.90. The lowest BCUT2D eigenvalue weighted by molar-refractivity contribution is 0.0697. The van der Waals surface area contributed by atoms with Crippen LogP contribution < -0.4 is 0 Å². The number of hydrogen-bond donors (Lipinski definition) is 1. The lowest BCUT2D eigenvalue weighted by atomic mass is 10.1. The van der Waals surface area contributed by atoms with E-state index in [-0.39, 0.29) is 11.3 Å². The number of carbonyl (C=O) groups is 1. The van der Waals surface area contributed by atoms with E-state index in [2.05, 4.69) is 15.9 Å². The normalized spacial score (nSPS) is 11.8. The van der Waals surface area contributed by atoms with Crippen molar-refractivity contribution in [3.63, 3.8) is 0 Å². The van der Waals surface area contributed by atoms with Crippen molar-refractivity contribution in [2.75, 3.05) is 0 Å². The average Bonchev–Trinajstić information content (AvgIpc) is 2.20. The van der Waals surface area contributed by atoms with Crippen molar-refractivity contribution in [3.05, 3.63) is 33.8 Å². The van der Waals surface area contributed by atoms with Gasteiger partial charge < -0.3 is 5.11 Å². The first-order chi connectivity index (χ1) is 7.74. The molecule has 0 aliphatic carbocycles. The molecular weight excluding hydrogens is 308 g/mol. The highest BCUT2D eigenvalue weighted by molar-refractivity contribution is 9.10. The van der Waals surface area contributed by atoms with Crippen molar-refractivity contribution in [1.29, 1.82) is 0 Å². The molecule has 17 heavy (non-hydrogen) atoms. The van der Waals surface area contributed by atoms with Gasteiger partial charge in [-0.05, 0) is 31.5 Å². The summed E-state index contributed by atoms with van der Waals surface area (Å²) >= 11 is 3.19. The predicted molar refractivity (Wildman–Crippen MR) is 68.9 cm³/mol. The summed E-state index contributed by atoms with van der Waals surface area (Å²) in [4.78, 5) is 10.7. The zero-order chi connectivity index (χ0) is 13.2. The monoisotopic (exact) mass is 320 g/mol. The number of carboxylic acids is 1. The van der Waals surface area contributed by atoms with Crippen LogP contribution in [0.25, 0.3) is 0 Å². The summed E-state index contributed by atoms with van der Waals surface area (Å²) in [6, 6.07) is 4.33. The number of rotatable bonds is 4. The molecule has 0 aromatic heterocycles. The van der Waals surface area contributed by atoms with Gasteiger partial charge >= 0.3 is 5.97 Å². The smallest absolute Gasteiger partial charge is 0.335 e. The molecule has 0 saturated carbocycles. The fraction of sp³-hybridized carbons (Fsp3) is 0.364. The Morgan fingerprint density at radius 3 is 2.41 bits per heavy atom. The lowest BCUT2D eigenvalue weighted by Gasteiger charge is -2.09. The summed E-state index contributed by atoms with van der Waals surface area (Å²) in [5.41, 5.74) is 0.700. The van der Waals surface area contributed by atoms with E-state index in [0.29, 0.717) is 10.0 Å². The second-order valence-electron chi connectivity index (χ2n) is 3.97. The fourth-order valence-electron chi connectivity index (χ4n) is 1.18. The standard InChI is InChI=1S/C11H13BrO4S/c1-7(2)17(15,16)6-9-4-3-8(11(13)14)5-10(9)12/h3-5,7H,6H2,1-2H3,(H,13,14). The molecule has 1 rings (SSSR count). The number of sulfone groups is 1. The summed E-state index contributed by atoms with van der Waals surface area (Å²) in [6.45, 7) is 3.24. The van der Waals surface area contributed by atoms with Gasteiger partial charge in [-0.25, -0.2) is 13.2 Å². The number of carboxylic acid groups (broad SMARTS) is 1. The molecule has 4 nitrogen and oxygen atoms in total. The molecule has 1 aromatic carbocycles. The van der Waals surface area contributed by atoms with Gasteiger partial charge in [-0.15, -0.1) is 0 Å². The third kappa shape index (κ3) is 3.54. The van der Waals surface area contributed by atoms with Gasteiger partial charge in [0.05, 0.1) is 16.6 Å². The first kappa shape index (κ1) is 14.2. The van der Waals surface area contributed by atoms with Crippen molar-refractivity contribution in [3.8, 4) is 0 Å². The third-order valence-electron chi connectivity index (χ3n) is 2.37. The molecule has 0 spiro atoms. The topological polar surface area (TPSA) is 71.4 Å².